The molecule has 2 unspecified atom stereocenters. The van der Waals surface area contributed by atoms with Crippen LogP contribution in [-0.4, -0.2) is 59.8 Å². The van der Waals surface area contributed by atoms with Gasteiger partial charge in [-0.25, -0.2) is 4.79 Å². The van der Waals surface area contributed by atoms with Crippen molar-refractivity contribution in [2.24, 2.45) is 0 Å². The first-order chi connectivity index (χ1) is 17.5. The van der Waals surface area contributed by atoms with E-state index < -0.39 is 42.2 Å². The van der Waals surface area contributed by atoms with Gasteiger partial charge in [0.15, 0.2) is 0 Å². The number of aliphatic hydroxyl groups excluding tert-OH is 1. The number of amides is 3. The van der Waals surface area contributed by atoms with Crippen molar-refractivity contribution >= 4 is 23.6 Å². The number of ether oxygens (including phenoxy) is 2. The number of aliphatic hydroxyl groups is 1. The smallest absolute Gasteiger partial charge is 0.408 e. The summed E-state index contributed by atoms with van der Waals surface area (Å²) in [5.74, 6) is -0.356. The van der Waals surface area contributed by atoms with E-state index >= 15 is 0 Å². The predicted molar refractivity (Wildman–Crippen MR) is 142 cm³/mol. The molecule has 2 aromatic carbocycles. The van der Waals surface area contributed by atoms with Crippen LogP contribution in [0.4, 0.5) is 10.5 Å². The highest BCUT2D eigenvalue weighted by molar-refractivity contribution is 5.99. The number of alkyl carbamates (subject to hydrolysis) is 1. The van der Waals surface area contributed by atoms with Crippen molar-refractivity contribution in [3.8, 4) is 5.75 Å². The van der Waals surface area contributed by atoms with Gasteiger partial charge in [-0.2, -0.15) is 0 Å². The summed E-state index contributed by atoms with van der Waals surface area (Å²) in [5.41, 5.74) is 1.23. The number of methoxy groups -OCH3 is 1. The lowest BCUT2D eigenvalue weighted by molar-refractivity contribution is -0.141. The summed E-state index contributed by atoms with van der Waals surface area (Å²) in [6, 6.07) is 11.9. The van der Waals surface area contributed by atoms with Crippen LogP contribution in [0.5, 0.6) is 5.75 Å². The zero-order valence-corrected chi connectivity index (χ0v) is 22.5. The van der Waals surface area contributed by atoms with Gasteiger partial charge >= 0.3 is 6.09 Å². The third-order valence-electron chi connectivity index (χ3n) is 5.61. The molecule has 0 heterocycles. The van der Waals surface area contributed by atoms with E-state index in [2.05, 4.69) is 10.6 Å². The number of aryl methyl sites for hydroxylation is 1. The summed E-state index contributed by atoms with van der Waals surface area (Å²) in [4.78, 5) is 41.3. The van der Waals surface area contributed by atoms with Gasteiger partial charge < -0.3 is 30.1 Å². The maximum Gasteiger partial charge on any atom is 0.408 e. The third-order valence-corrected chi connectivity index (χ3v) is 5.61. The van der Waals surface area contributed by atoms with E-state index in [0.29, 0.717) is 23.4 Å². The number of hydrogen-bond donors (Lipinski definition) is 3. The lowest BCUT2D eigenvalue weighted by atomic mass is 9.97. The molecular formula is C28H39N3O6. The Morgan fingerprint density at radius 3 is 2.24 bits per heavy atom. The number of rotatable bonds is 11. The average molecular weight is 514 g/mol. The second-order valence-corrected chi connectivity index (χ2v) is 9.74. The van der Waals surface area contributed by atoms with Crippen molar-refractivity contribution < 1.29 is 29.0 Å². The van der Waals surface area contributed by atoms with Crippen molar-refractivity contribution in [3.05, 3.63) is 59.7 Å². The fourth-order valence-electron chi connectivity index (χ4n) is 3.76. The molecule has 0 aliphatic carbocycles. The molecule has 2 aromatic rings. The van der Waals surface area contributed by atoms with Gasteiger partial charge in [0.05, 0.1) is 13.7 Å². The van der Waals surface area contributed by atoms with Gasteiger partial charge in [0.2, 0.25) is 5.91 Å². The number of carbonyl (C=O) groups excluding carboxylic acids is 3. The molecule has 0 radical (unpaired) electrons. The van der Waals surface area contributed by atoms with Gasteiger partial charge in [-0.3, -0.25) is 9.59 Å². The number of unbranched alkanes of at least 4 members (excludes halogenated alkanes) is 1. The Labute approximate surface area is 219 Å². The maximum atomic E-state index is 13.7. The van der Waals surface area contributed by atoms with Gasteiger partial charge in [-0.05, 0) is 69.5 Å². The molecule has 0 aromatic heterocycles. The van der Waals surface area contributed by atoms with Crippen LogP contribution in [0.2, 0.25) is 0 Å². The van der Waals surface area contributed by atoms with Crippen molar-refractivity contribution in [1.29, 1.82) is 0 Å². The highest BCUT2D eigenvalue weighted by Gasteiger charge is 2.36. The quantitative estimate of drug-likeness (QED) is 0.415. The van der Waals surface area contributed by atoms with Crippen molar-refractivity contribution in [2.45, 2.75) is 65.1 Å². The Bertz CT molecular complexity index is 1050. The molecule has 0 saturated heterocycles. The molecule has 9 nitrogen and oxygen atoms in total. The number of nitrogens with zero attached hydrogens (tertiary/aromatic N) is 1. The molecule has 0 aliphatic rings. The Morgan fingerprint density at radius 1 is 1.05 bits per heavy atom. The van der Waals surface area contributed by atoms with Crippen LogP contribution < -0.4 is 15.4 Å². The minimum atomic E-state index is -1.29. The monoisotopic (exact) mass is 513 g/mol. The number of carbonyl (C=O) groups is 3. The fraction of sp³-hybridized carbons (Fsp3) is 0.464. The fourth-order valence-corrected chi connectivity index (χ4v) is 3.76. The Kier molecular flexibility index (Phi) is 10.9. The van der Waals surface area contributed by atoms with Crippen LogP contribution in [0.25, 0.3) is 0 Å². The van der Waals surface area contributed by atoms with Crippen LogP contribution in [0.3, 0.4) is 0 Å². The van der Waals surface area contributed by atoms with Gasteiger partial charge in [0.1, 0.15) is 23.4 Å². The standard InChI is InChI=1S/C28H39N3O6/c1-7-8-17-31(26(34)23(18-32)30-27(35)37-28(3,4)5)24(22-12-10-9-11-19(22)2)25(33)29-20-13-15-21(36-6)16-14-20/h9-16,23-24,32H,7-8,17-18H2,1-6H3,(H,29,33)(H,30,35). The Morgan fingerprint density at radius 2 is 1.70 bits per heavy atom. The predicted octanol–water partition coefficient (Wildman–Crippen LogP) is 4.20. The number of benzene rings is 2. The summed E-state index contributed by atoms with van der Waals surface area (Å²) in [5, 5.41) is 15.4. The lowest BCUT2D eigenvalue weighted by Gasteiger charge is -2.34. The molecular weight excluding hydrogens is 474 g/mol. The van der Waals surface area contributed by atoms with Crippen molar-refractivity contribution in [3.63, 3.8) is 0 Å². The molecule has 9 heteroatoms. The molecule has 37 heavy (non-hydrogen) atoms. The molecule has 0 saturated carbocycles. The molecule has 0 bridgehead atoms. The number of hydrogen-bond acceptors (Lipinski definition) is 6. The van der Waals surface area contributed by atoms with Gasteiger partial charge in [0, 0.05) is 12.2 Å². The minimum Gasteiger partial charge on any atom is -0.497 e. The molecule has 3 N–H and O–H groups in total. The van der Waals surface area contributed by atoms with Crippen LogP contribution >= 0.6 is 0 Å². The largest absolute Gasteiger partial charge is 0.497 e. The van der Waals surface area contributed by atoms with E-state index in [4.69, 9.17) is 9.47 Å². The summed E-state index contributed by atoms with van der Waals surface area (Å²) in [6.07, 6.45) is 0.563. The summed E-state index contributed by atoms with van der Waals surface area (Å²) >= 11 is 0. The van der Waals surface area contributed by atoms with E-state index in [9.17, 15) is 19.5 Å². The summed E-state index contributed by atoms with van der Waals surface area (Å²) < 4.78 is 10.5. The normalized spacial score (nSPS) is 12.7. The zero-order chi connectivity index (χ0) is 27.6. The molecule has 3 amide bonds. The van der Waals surface area contributed by atoms with E-state index in [1.807, 2.05) is 26.0 Å². The van der Waals surface area contributed by atoms with E-state index in [0.717, 1.165) is 12.0 Å². The van der Waals surface area contributed by atoms with Crippen molar-refractivity contribution in [2.75, 3.05) is 25.6 Å². The third kappa shape index (κ3) is 8.78. The number of anilines is 1. The molecule has 0 spiro atoms. The molecule has 0 fully saturated rings. The van der Waals surface area contributed by atoms with Crippen LogP contribution in [0.1, 0.15) is 57.7 Å². The topological polar surface area (TPSA) is 117 Å². The second kappa shape index (κ2) is 13.6. The summed E-state index contributed by atoms with van der Waals surface area (Å²) in [7, 11) is 1.56. The van der Waals surface area contributed by atoms with Crippen LogP contribution in [0, 0.1) is 6.92 Å². The maximum absolute atomic E-state index is 13.7. The SMILES string of the molecule is CCCCN(C(=O)C(CO)NC(=O)OC(C)(C)C)C(C(=O)Nc1ccc(OC)cc1)c1ccccc1C. The van der Waals surface area contributed by atoms with Gasteiger partial charge in [0.25, 0.3) is 5.91 Å². The minimum absolute atomic E-state index is 0.247. The lowest BCUT2D eigenvalue weighted by Crippen LogP contribution is -2.54. The molecule has 2 rings (SSSR count). The van der Waals surface area contributed by atoms with Crippen LogP contribution in [-0.2, 0) is 14.3 Å². The summed E-state index contributed by atoms with van der Waals surface area (Å²) in [6.45, 7) is 8.55. The average Bonchev–Trinajstić information content (AvgIpc) is 2.84. The zero-order valence-electron chi connectivity index (χ0n) is 22.5. The van der Waals surface area contributed by atoms with Crippen molar-refractivity contribution in [1.82, 2.24) is 10.2 Å². The van der Waals surface area contributed by atoms with Crippen LogP contribution in [0.15, 0.2) is 48.5 Å². The Balaban J connectivity index is 2.45. The van der Waals surface area contributed by atoms with Gasteiger partial charge in [-0.15, -0.1) is 0 Å². The highest BCUT2D eigenvalue weighted by atomic mass is 16.6. The first-order valence-electron chi connectivity index (χ1n) is 12.4. The number of nitrogens with one attached hydrogen (secondary N) is 2. The van der Waals surface area contributed by atoms with Gasteiger partial charge in [-0.1, -0.05) is 37.6 Å². The van der Waals surface area contributed by atoms with E-state index in [1.165, 1.54) is 4.90 Å². The first kappa shape index (κ1) is 29.6. The van der Waals surface area contributed by atoms with E-state index in [1.54, 1.807) is 64.3 Å². The van der Waals surface area contributed by atoms with E-state index in [-0.39, 0.29) is 6.54 Å². The highest BCUT2D eigenvalue weighted by Crippen LogP contribution is 2.28. The second-order valence-electron chi connectivity index (χ2n) is 9.74. The molecule has 202 valence electrons. The first-order valence-corrected chi connectivity index (χ1v) is 12.4. The molecule has 2 atom stereocenters. The molecule has 0 aliphatic heterocycles. The Hall–Kier alpha value is -3.59.